The van der Waals surface area contributed by atoms with Crippen LogP contribution in [0.1, 0.15) is 5.56 Å². The molecule has 0 bridgehead atoms. The Hall–Kier alpha value is -2.67. The molecule has 0 saturated carbocycles. The first-order chi connectivity index (χ1) is 10.6. The zero-order valence-electron chi connectivity index (χ0n) is 12.4. The van der Waals surface area contributed by atoms with Gasteiger partial charge in [0.05, 0.1) is 6.33 Å². The minimum Gasteiger partial charge on any atom is -0.364 e. The maximum absolute atomic E-state index is 12.6. The quantitative estimate of drug-likeness (QED) is 0.705. The monoisotopic (exact) mass is 300 g/mol. The van der Waals surface area contributed by atoms with Crippen molar-refractivity contribution in [1.29, 1.82) is 0 Å². The Bertz CT molecular complexity index is 922. The third kappa shape index (κ3) is 2.25. The van der Waals surface area contributed by atoms with Crippen molar-refractivity contribution in [1.82, 2.24) is 18.7 Å². The van der Waals surface area contributed by atoms with E-state index in [-0.39, 0.29) is 6.73 Å². The highest BCUT2D eigenvalue weighted by Crippen LogP contribution is 2.09. The number of hydrogen-bond acceptors (Lipinski definition) is 4. The van der Waals surface area contributed by atoms with Crippen molar-refractivity contribution in [2.45, 2.75) is 13.3 Å². The third-order valence-corrected chi connectivity index (χ3v) is 3.56. The average Bonchev–Trinajstić information content (AvgIpc) is 2.94. The lowest BCUT2D eigenvalue weighted by atomic mass is 10.2. The fraction of sp³-hybridized carbons (Fsp3) is 0.267. The summed E-state index contributed by atoms with van der Waals surface area (Å²) in [5.74, 6) is 0. The number of fused-ring (bicyclic) bond motifs is 1. The highest BCUT2D eigenvalue weighted by Gasteiger charge is 2.16. The summed E-state index contributed by atoms with van der Waals surface area (Å²) in [4.78, 5) is 28.9. The average molecular weight is 300 g/mol. The molecule has 7 nitrogen and oxygen atoms in total. The van der Waals surface area contributed by atoms with Crippen LogP contribution in [0.15, 0.2) is 46.2 Å². The Labute approximate surface area is 126 Å². The van der Waals surface area contributed by atoms with Gasteiger partial charge in [0, 0.05) is 20.7 Å². The molecule has 22 heavy (non-hydrogen) atoms. The zero-order chi connectivity index (χ0) is 15.7. The van der Waals surface area contributed by atoms with Gasteiger partial charge in [-0.05, 0) is 5.56 Å². The topological polar surface area (TPSA) is 71.1 Å². The SMILES string of the molecule is COCn1c(=O)c2c(ncn2Cc2ccccc2)n(C)c1=O. The van der Waals surface area contributed by atoms with E-state index in [1.54, 1.807) is 17.9 Å². The van der Waals surface area contributed by atoms with Gasteiger partial charge in [0.15, 0.2) is 11.2 Å². The van der Waals surface area contributed by atoms with E-state index in [0.717, 1.165) is 10.1 Å². The van der Waals surface area contributed by atoms with Crippen LogP contribution in [0.4, 0.5) is 0 Å². The van der Waals surface area contributed by atoms with Gasteiger partial charge in [-0.15, -0.1) is 0 Å². The van der Waals surface area contributed by atoms with Crippen molar-refractivity contribution < 1.29 is 4.74 Å². The summed E-state index contributed by atoms with van der Waals surface area (Å²) in [5, 5.41) is 0. The smallest absolute Gasteiger partial charge is 0.334 e. The molecule has 3 rings (SSSR count). The van der Waals surface area contributed by atoms with Crippen LogP contribution in [0.25, 0.3) is 11.2 Å². The third-order valence-electron chi connectivity index (χ3n) is 3.56. The highest BCUT2D eigenvalue weighted by molar-refractivity contribution is 5.70. The van der Waals surface area contributed by atoms with Crippen molar-refractivity contribution in [3.8, 4) is 0 Å². The molecule has 0 spiro atoms. The van der Waals surface area contributed by atoms with Gasteiger partial charge in [0.2, 0.25) is 0 Å². The summed E-state index contributed by atoms with van der Waals surface area (Å²) >= 11 is 0. The summed E-state index contributed by atoms with van der Waals surface area (Å²) in [6, 6.07) is 9.76. The number of methoxy groups -OCH3 is 1. The fourth-order valence-electron chi connectivity index (χ4n) is 2.46. The normalized spacial score (nSPS) is 11.2. The van der Waals surface area contributed by atoms with Gasteiger partial charge in [-0.1, -0.05) is 30.3 Å². The van der Waals surface area contributed by atoms with Crippen molar-refractivity contribution in [3.05, 3.63) is 63.1 Å². The van der Waals surface area contributed by atoms with E-state index >= 15 is 0 Å². The molecule has 0 atom stereocenters. The van der Waals surface area contributed by atoms with Gasteiger partial charge in [-0.25, -0.2) is 14.3 Å². The Balaban J connectivity index is 2.22. The van der Waals surface area contributed by atoms with Crippen molar-refractivity contribution in [2.75, 3.05) is 7.11 Å². The van der Waals surface area contributed by atoms with Crippen molar-refractivity contribution >= 4 is 11.2 Å². The van der Waals surface area contributed by atoms with Gasteiger partial charge in [-0.3, -0.25) is 9.36 Å². The van der Waals surface area contributed by atoms with E-state index in [4.69, 9.17) is 4.74 Å². The van der Waals surface area contributed by atoms with Gasteiger partial charge in [0.25, 0.3) is 5.56 Å². The Morgan fingerprint density at radius 3 is 2.59 bits per heavy atom. The summed E-state index contributed by atoms with van der Waals surface area (Å²) < 4.78 is 9.12. The molecule has 0 radical (unpaired) electrons. The fourth-order valence-corrected chi connectivity index (χ4v) is 2.46. The molecule has 7 heteroatoms. The van der Waals surface area contributed by atoms with Crippen molar-refractivity contribution in [3.63, 3.8) is 0 Å². The molecular weight excluding hydrogens is 284 g/mol. The van der Waals surface area contributed by atoms with Crippen LogP contribution in [0.3, 0.4) is 0 Å². The number of aromatic nitrogens is 4. The lowest BCUT2D eigenvalue weighted by molar-refractivity contribution is 0.123. The lowest BCUT2D eigenvalue weighted by Gasteiger charge is -2.09. The Morgan fingerprint density at radius 2 is 1.91 bits per heavy atom. The lowest BCUT2D eigenvalue weighted by Crippen LogP contribution is -2.40. The van der Waals surface area contributed by atoms with E-state index < -0.39 is 11.2 Å². The second-order valence-corrected chi connectivity index (χ2v) is 5.02. The molecule has 0 saturated heterocycles. The second-order valence-electron chi connectivity index (χ2n) is 5.02. The molecule has 0 amide bonds. The molecule has 0 aliphatic heterocycles. The first kappa shape index (κ1) is 14.3. The second kappa shape index (κ2) is 5.61. The maximum atomic E-state index is 12.6. The predicted octanol–water partition coefficient (Wildman–Crippen LogP) is 0.549. The van der Waals surface area contributed by atoms with Gasteiger partial charge >= 0.3 is 5.69 Å². The van der Waals surface area contributed by atoms with E-state index in [1.165, 1.54) is 11.7 Å². The first-order valence-electron chi connectivity index (χ1n) is 6.81. The predicted molar refractivity (Wildman–Crippen MR) is 81.8 cm³/mol. The number of nitrogens with zero attached hydrogens (tertiary/aromatic N) is 4. The number of ether oxygens (including phenoxy) is 1. The van der Waals surface area contributed by atoms with E-state index in [9.17, 15) is 9.59 Å². The van der Waals surface area contributed by atoms with Crippen LogP contribution < -0.4 is 11.2 Å². The standard InChI is InChI=1S/C15H16N4O3/c1-17-13-12(14(20)19(10-22-2)15(17)21)18(9-16-13)8-11-6-4-3-5-7-11/h3-7,9H,8,10H2,1-2H3. The van der Waals surface area contributed by atoms with E-state index in [1.807, 2.05) is 30.3 Å². The van der Waals surface area contributed by atoms with Crippen LogP contribution in [-0.4, -0.2) is 25.8 Å². The molecular formula is C15H16N4O3. The number of imidazole rings is 1. The van der Waals surface area contributed by atoms with Crippen LogP contribution in [0, 0.1) is 0 Å². The molecule has 0 unspecified atom stereocenters. The van der Waals surface area contributed by atoms with Gasteiger partial charge in [0.1, 0.15) is 6.73 Å². The minimum atomic E-state index is -0.440. The first-order valence-corrected chi connectivity index (χ1v) is 6.81. The molecule has 0 aliphatic carbocycles. The van der Waals surface area contributed by atoms with E-state index in [0.29, 0.717) is 17.7 Å². The Morgan fingerprint density at radius 1 is 1.18 bits per heavy atom. The number of hydrogen-bond donors (Lipinski definition) is 0. The molecule has 2 aromatic heterocycles. The van der Waals surface area contributed by atoms with Crippen LogP contribution in [0.5, 0.6) is 0 Å². The molecule has 1 aromatic carbocycles. The molecule has 0 fully saturated rings. The summed E-state index contributed by atoms with van der Waals surface area (Å²) in [7, 11) is 3.04. The highest BCUT2D eigenvalue weighted by atomic mass is 16.5. The molecule has 0 N–H and O–H groups in total. The van der Waals surface area contributed by atoms with Gasteiger partial charge in [-0.2, -0.15) is 0 Å². The summed E-state index contributed by atoms with van der Waals surface area (Å²) in [5.41, 5.74) is 0.979. The number of rotatable bonds is 4. The van der Waals surface area contributed by atoms with Crippen molar-refractivity contribution in [2.24, 2.45) is 7.05 Å². The molecule has 114 valence electrons. The van der Waals surface area contributed by atoms with Crippen LogP contribution >= 0.6 is 0 Å². The molecule has 0 aliphatic rings. The van der Waals surface area contributed by atoms with Crippen LogP contribution in [-0.2, 0) is 25.1 Å². The molecule has 3 aromatic rings. The maximum Gasteiger partial charge on any atom is 0.334 e. The number of benzene rings is 1. The van der Waals surface area contributed by atoms with Gasteiger partial charge < -0.3 is 9.30 Å². The zero-order valence-corrected chi connectivity index (χ0v) is 12.4. The largest absolute Gasteiger partial charge is 0.364 e. The summed E-state index contributed by atoms with van der Waals surface area (Å²) in [6.45, 7) is 0.426. The molecule has 2 heterocycles. The summed E-state index contributed by atoms with van der Waals surface area (Å²) in [6.07, 6.45) is 1.58. The number of aryl methyl sites for hydroxylation is 1. The minimum absolute atomic E-state index is 0.0854. The van der Waals surface area contributed by atoms with E-state index in [2.05, 4.69) is 4.98 Å². The van der Waals surface area contributed by atoms with Crippen LogP contribution in [0.2, 0.25) is 0 Å². The Kier molecular flexibility index (Phi) is 3.64.